The first-order valence-corrected chi connectivity index (χ1v) is 13.2. The van der Waals surface area contributed by atoms with Crippen LogP contribution >= 0.6 is 46.7 Å². The van der Waals surface area contributed by atoms with Gasteiger partial charge in [-0.05, 0) is 35.3 Å². The van der Waals surface area contributed by atoms with Crippen LogP contribution in [0.5, 0.6) is 0 Å². The number of halogens is 2. The Hall–Kier alpha value is -2.73. The fourth-order valence-electron chi connectivity index (χ4n) is 4.04. The number of aliphatic carboxylic acids is 1. The van der Waals surface area contributed by atoms with E-state index in [9.17, 15) is 19.5 Å². The molecule has 0 spiro atoms. The number of nitrogens with zero attached hydrogens (tertiary/aromatic N) is 3. The number of hydrogen-bond donors (Lipinski definition) is 2. The third kappa shape index (κ3) is 4.61. The van der Waals surface area contributed by atoms with Crippen molar-refractivity contribution in [1.29, 1.82) is 0 Å². The molecule has 1 fully saturated rings. The summed E-state index contributed by atoms with van der Waals surface area (Å²) < 4.78 is 1.81. The van der Waals surface area contributed by atoms with Gasteiger partial charge in [0.05, 0.1) is 28.6 Å². The van der Waals surface area contributed by atoms with Crippen molar-refractivity contribution < 1.29 is 24.1 Å². The van der Waals surface area contributed by atoms with Crippen molar-refractivity contribution in [3.05, 3.63) is 64.2 Å². The highest BCUT2D eigenvalue weighted by molar-refractivity contribution is 8.00. The number of hydrogen-bond acceptors (Lipinski definition) is 7. The number of rotatable bonds is 7. The minimum absolute atomic E-state index is 0.0278. The first kappa shape index (κ1) is 24.0. The van der Waals surface area contributed by atoms with Gasteiger partial charge in [-0.25, -0.2) is 4.57 Å². The molecule has 9 nitrogen and oxygen atoms in total. The minimum atomic E-state index is -1.43. The van der Waals surface area contributed by atoms with Crippen molar-refractivity contribution in [3.8, 4) is 0 Å². The Balaban J connectivity index is 1.29. The number of amides is 2. The zero-order valence-electron chi connectivity index (χ0n) is 17.9. The normalized spacial score (nSPS) is 19.5. The number of carboxylic acid groups (broad SMARTS) is 1. The van der Waals surface area contributed by atoms with Gasteiger partial charge in [-0.2, -0.15) is 0 Å². The summed E-state index contributed by atoms with van der Waals surface area (Å²) in [6.07, 6.45) is 3.36. The summed E-state index contributed by atoms with van der Waals surface area (Å²) in [5, 5.41) is 15.2. The number of carboxylic acids is 1. The van der Waals surface area contributed by atoms with Gasteiger partial charge in [0.25, 0.3) is 5.91 Å². The molecule has 2 aliphatic heterocycles. The van der Waals surface area contributed by atoms with Crippen molar-refractivity contribution >= 4 is 75.7 Å². The number of pyridine rings is 1. The average Bonchev–Trinajstić information content (AvgIpc) is 3.32. The van der Waals surface area contributed by atoms with Crippen LogP contribution in [0, 0.1) is 0 Å². The van der Waals surface area contributed by atoms with Crippen molar-refractivity contribution in [2.45, 2.75) is 22.9 Å². The van der Waals surface area contributed by atoms with Crippen LogP contribution in [-0.4, -0.2) is 55.6 Å². The van der Waals surface area contributed by atoms with Crippen molar-refractivity contribution in [3.63, 3.8) is 0 Å². The molecule has 1 saturated heterocycles. The Morgan fingerprint density at radius 3 is 2.97 bits per heavy atom. The van der Waals surface area contributed by atoms with Gasteiger partial charge in [0.2, 0.25) is 12.2 Å². The summed E-state index contributed by atoms with van der Waals surface area (Å²) >= 11 is 14.7. The zero-order chi connectivity index (χ0) is 24.7. The van der Waals surface area contributed by atoms with E-state index in [4.69, 9.17) is 23.2 Å². The highest BCUT2D eigenvalue weighted by Crippen LogP contribution is 2.40. The van der Waals surface area contributed by atoms with Crippen LogP contribution in [-0.2, 0) is 20.9 Å². The van der Waals surface area contributed by atoms with Crippen LogP contribution in [0.1, 0.15) is 0 Å². The Kier molecular flexibility index (Phi) is 6.67. The molecule has 2 amide bonds. The van der Waals surface area contributed by atoms with Crippen LogP contribution in [0.3, 0.4) is 0 Å². The number of carbonyl (C=O) groups is 3. The highest BCUT2D eigenvalue weighted by Gasteiger charge is 2.53. The molecule has 4 heterocycles. The van der Waals surface area contributed by atoms with Gasteiger partial charge in [-0.15, -0.1) is 23.5 Å². The molecule has 2 aliphatic rings. The maximum absolute atomic E-state index is 12.9. The van der Waals surface area contributed by atoms with Crippen LogP contribution in [0.25, 0.3) is 11.2 Å². The summed E-state index contributed by atoms with van der Waals surface area (Å²) in [5.74, 6) is -1.88. The summed E-state index contributed by atoms with van der Waals surface area (Å²) in [6, 6.07) is 7.83. The van der Waals surface area contributed by atoms with Crippen LogP contribution in [0.4, 0.5) is 0 Å². The van der Waals surface area contributed by atoms with Gasteiger partial charge < -0.3 is 20.2 Å². The average molecular weight is 550 g/mol. The lowest BCUT2D eigenvalue weighted by Crippen LogP contribution is -2.71. The van der Waals surface area contributed by atoms with Crippen molar-refractivity contribution in [2.75, 3.05) is 11.5 Å². The van der Waals surface area contributed by atoms with Gasteiger partial charge >= 0.3 is 5.65 Å². The molecule has 0 unspecified atom stereocenters. The van der Waals surface area contributed by atoms with E-state index < -0.39 is 23.3 Å². The summed E-state index contributed by atoms with van der Waals surface area (Å²) in [7, 11) is 0. The molecule has 5 rings (SSSR count). The van der Waals surface area contributed by atoms with Crippen molar-refractivity contribution in [2.24, 2.45) is 0 Å². The van der Waals surface area contributed by atoms with E-state index in [1.807, 2.05) is 16.7 Å². The molecular formula is C22H17Cl2N5O4S2. The SMILES string of the molecule is O=C(CSc1cc(Cl)ccc1Cl)N[C@@H]1C(=O)N2C(C(=O)[O-])=C(C[n+]3cccc4[nH]cnc43)CS[C@H]12. The Bertz CT molecular complexity index is 1400. The quantitative estimate of drug-likeness (QED) is 0.259. The molecule has 0 saturated carbocycles. The van der Waals surface area contributed by atoms with Gasteiger partial charge in [0, 0.05) is 21.2 Å². The summed E-state index contributed by atoms with van der Waals surface area (Å²) in [4.78, 5) is 46.6. The summed E-state index contributed by atoms with van der Waals surface area (Å²) in [6.45, 7) is 0.239. The Morgan fingerprint density at radius 1 is 1.34 bits per heavy atom. The molecule has 2 N–H and O–H groups in total. The van der Waals surface area contributed by atoms with E-state index in [1.54, 1.807) is 30.7 Å². The molecule has 2 atom stereocenters. The third-order valence-corrected chi connectivity index (χ3v) is 8.69. The monoisotopic (exact) mass is 549 g/mol. The first-order valence-electron chi connectivity index (χ1n) is 10.4. The number of thioether (sulfide) groups is 2. The number of nitrogens with one attached hydrogen (secondary N) is 2. The Morgan fingerprint density at radius 2 is 2.17 bits per heavy atom. The molecule has 35 heavy (non-hydrogen) atoms. The predicted octanol–water partition coefficient (Wildman–Crippen LogP) is 1.35. The fraction of sp³-hybridized carbons (Fsp3) is 0.227. The van der Waals surface area contributed by atoms with Gasteiger partial charge in [0.1, 0.15) is 23.5 Å². The van der Waals surface area contributed by atoms with E-state index in [0.717, 1.165) is 5.52 Å². The number of fused-ring (bicyclic) bond motifs is 2. The lowest BCUT2D eigenvalue weighted by atomic mass is 10.0. The molecule has 0 aliphatic carbocycles. The number of β-lactam (4-membered cyclic amide) rings is 1. The van der Waals surface area contributed by atoms with E-state index in [-0.39, 0.29) is 23.9 Å². The van der Waals surface area contributed by atoms with E-state index in [2.05, 4.69) is 15.3 Å². The van der Waals surface area contributed by atoms with Gasteiger partial charge in [-0.3, -0.25) is 14.5 Å². The van der Waals surface area contributed by atoms with E-state index in [0.29, 0.717) is 31.9 Å². The molecule has 13 heteroatoms. The standard InChI is InChI=1S/C22H17Cl2N5O4S2/c23-12-3-4-13(24)15(6-12)34-9-16(30)27-17-20(31)29-18(22(32)33)11(8-35-21(17)29)7-28-5-1-2-14-19(28)26-10-25-14/h1-6,10,17,21H,7-9H2,(H2,27,30,32,33)/t17-,21-/m1/s1. The smallest absolute Gasteiger partial charge is 0.348 e. The van der Waals surface area contributed by atoms with Crippen LogP contribution < -0.4 is 15.0 Å². The number of carbonyl (C=O) groups excluding carboxylic acids is 3. The lowest BCUT2D eigenvalue weighted by Gasteiger charge is -2.50. The maximum atomic E-state index is 12.9. The first-order chi connectivity index (χ1) is 16.8. The van der Waals surface area contributed by atoms with Gasteiger partial charge in [-0.1, -0.05) is 23.2 Å². The second-order valence-corrected chi connectivity index (χ2v) is 10.8. The number of aromatic nitrogens is 3. The van der Waals surface area contributed by atoms with Gasteiger partial charge in [0.15, 0.2) is 0 Å². The van der Waals surface area contributed by atoms with Crippen LogP contribution in [0.15, 0.2) is 59.0 Å². The number of benzene rings is 1. The largest absolute Gasteiger partial charge is 0.543 e. The molecule has 3 aromatic rings. The molecule has 1 aromatic carbocycles. The van der Waals surface area contributed by atoms with Crippen LogP contribution in [0.2, 0.25) is 10.0 Å². The van der Waals surface area contributed by atoms with E-state index in [1.165, 1.54) is 28.4 Å². The molecular weight excluding hydrogens is 533 g/mol. The molecule has 0 radical (unpaired) electrons. The molecule has 2 aromatic heterocycles. The molecule has 180 valence electrons. The third-order valence-electron chi connectivity index (χ3n) is 5.62. The Labute approximate surface area is 217 Å². The number of aromatic amines is 1. The predicted molar refractivity (Wildman–Crippen MR) is 131 cm³/mol. The fourth-order valence-corrected chi connectivity index (χ4v) is 6.67. The maximum Gasteiger partial charge on any atom is 0.348 e. The second kappa shape index (κ2) is 9.73. The van der Waals surface area contributed by atoms with Crippen molar-refractivity contribution in [1.82, 2.24) is 20.2 Å². The molecule has 0 bridgehead atoms. The second-order valence-electron chi connectivity index (χ2n) is 7.83. The lowest BCUT2D eigenvalue weighted by molar-refractivity contribution is -0.664. The number of H-pyrrole nitrogens is 1. The van der Waals surface area contributed by atoms with E-state index >= 15 is 0 Å². The highest BCUT2D eigenvalue weighted by atomic mass is 35.5. The number of imidazole rings is 1. The topological polar surface area (TPSA) is 122 Å². The minimum Gasteiger partial charge on any atom is -0.543 e. The zero-order valence-corrected chi connectivity index (χ0v) is 21.0. The summed E-state index contributed by atoms with van der Waals surface area (Å²) in [5.41, 5.74) is 1.87.